The van der Waals surface area contributed by atoms with Crippen molar-refractivity contribution in [1.82, 2.24) is 18.9 Å². The summed E-state index contributed by atoms with van der Waals surface area (Å²) in [5.74, 6) is -0.459. The summed E-state index contributed by atoms with van der Waals surface area (Å²) in [6, 6.07) is 0.987. The van der Waals surface area contributed by atoms with E-state index >= 15 is 0 Å². The Hall–Kier alpha value is -1.47. The molecule has 0 aromatic carbocycles. The Balaban J connectivity index is 1.66. The van der Waals surface area contributed by atoms with Crippen LogP contribution in [0.15, 0.2) is 17.2 Å². The zero-order valence-electron chi connectivity index (χ0n) is 15.0. The Kier molecular flexibility index (Phi) is 5.91. The summed E-state index contributed by atoms with van der Waals surface area (Å²) < 4.78 is 56.4. The molecule has 2 N–H and O–H groups in total. The van der Waals surface area contributed by atoms with E-state index in [1.807, 2.05) is 0 Å². The van der Waals surface area contributed by atoms with Gasteiger partial charge in [-0.05, 0) is 18.9 Å². The number of morpholine rings is 1. The lowest BCUT2D eigenvalue weighted by Gasteiger charge is -2.31. The molecule has 3 heterocycles. The Labute approximate surface area is 159 Å². The molecule has 1 unspecified atom stereocenters. The molecule has 0 spiro atoms. The normalized spacial score (nSPS) is 23.2. The third-order valence-corrected chi connectivity index (χ3v) is 7.84. The fourth-order valence-electron chi connectivity index (χ4n) is 3.22. The van der Waals surface area contributed by atoms with E-state index in [0.717, 1.165) is 6.26 Å². The molecule has 0 aliphatic carbocycles. The van der Waals surface area contributed by atoms with Crippen molar-refractivity contribution in [2.75, 3.05) is 45.6 Å². The first-order chi connectivity index (χ1) is 12.7. The predicted molar refractivity (Wildman–Crippen MR) is 97.3 cm³/mol. The van der Waals surface area contributed by atoms with Crippen molar-refractivity contribution in [3.63, 3.8) is 0 Å². The molecule has 3 rings (SSSR count). The molecule has 0 saturated carbocycles. The Morgan fingerprint density at radius 3 is 2.56 bits per heavy atom. The van der Waals surface area contributed by atoms with Gasteiger partial charge in [0.25, 0.3) is 5.91 Å². The molecule has 1 aromatic rings. The highest BCUT2D eigenvalue weighted by Crippen LogP contribution is 2.19. The molecule has 2 aliphatic heterocycles. The van der Waals surface area contributed by atoms with Gasteiger partial charge in [-0.25, -0.2) is 21.1 Å². The zero-order chi connectivity index (χ0) is 19.7. The van der Waals surface area contributed by atoms with Crippen molar-refractivity contribution in [1.29, 1.82) is 0 Å². The predicted octanol–water partition coefficient (Wildman–Crippen LogP) is -0.811. The first-order valence-corrected chi connectivity index (χ1v) is 12.0. The number of aromatic amines is 1. The van der Waals surface area contributed by atoms with Crippen molar-refractivity contribution < 1.29 is 26.4 Å². The Bertz CT molecular complexity index is 889. The zero-order valence-corrected chi connectivity index (χ0v) is 16.7. The molecule has 2 fully saturated rings. The van der Waals surface area contributed by atoms with Gasteiger partial charge >= 0.3 is 0 Å². The lowest BCUT2D eigenvalue weighted by Crippen LogP contribution is -2.49. The lowest BCUT2D eigenvalue weighted by atomic mass is 10.1. The third-order valence-electron chi connectivity index (χ3n) is 4.70. The van der Waals surface area contributed by atoms with E-state index in [4.69, 9.17) is 4.74 Å². The highest BCUT2D eigenvalue weighted by Gasteiger charge is 2.30. The van der Waals surface area contributed by atoms with E-state index in [1.54, 1.807) is 0 Å². The number of nitrogens with one attached hydrogen (secondary N) is 2. The van der Waals surface area contributed by atoms with Crippen LogP contribution in [0.3, 0.4) is 0 Å². The molecule has 27 heavy (non-hydrogen) atoms. The van der Waals surface area contributed by atoms with Crippen molar-refractivity contribution in [2.24, 2.45) is 0 Å². The number of carbonyl (C=O) groups is 1. The second kappa shape index (κ2) is 7.87. The van der Waals surface area contributed by atoms with Gasteiger partial charge in [-0.1, -0.05) is 0 Å². The first-order valence-electron chi connectivity index (χ1n) is 8.70. The molecule has 0 bridgehead atoms. The SMILES string of the molecule is CS(=O)(=O)N1CCCC(NC(=O)c2cc(S(=O)(=O)N3CCOCC3)c[nH]2)C1. The maximum absolute atomic E-state index is 12.6. The molecule has 0 radical (unpaired) electrons. The van der Waals surface area contributed by atoms with Gasteiger partial charge in [0.2, 0.25) is 20.0 Å². The topological polar surface area (TPSA) is 129 Å². The van der Waals surface area contributed by atoms with Crippen molar-refractivity contribution >= 4 is 26.0 Å². The van der Waals surface area contributed by atoms with E-state index in [9.17, 15) is 21.6 Å². The van der Waals surface area contributed by atoms with Crippen LogP contribution in [0, 0.1) is 0 Å². The summed E-state index contributed by atoms with van der Waals surface area (Å²) in [5, 5.41) is 2.78. The number of H-pyrrole nitrogens is 1. The number of rotatable bonds is 5. The number of amides is 1. The van der Waals surface area contributed by atoms with Crippen LogP contribution in [0.4, 0.5) is 0 Å². The molecule has 2 aliphatic rings. The molecule has 2 saturated heterocycles. The maximum atomic E-state index is 12.6. The average Bonchev–Trinajstić information content (AvgIpc) is 3.13. The highest BCUT2D eigenvalue weighted by atomic mass is 32.2. The van der Waals surface area contributed by atoms with Crippen molar-refractivity contribution in [3.8, 4) is 0 Å². The van der Waals surface area contributed by atoms with Crippen LogP contribution in [0.25, 0.3) is 0 Å². The minimum Gasteiger partial charge on any atom is -0.379 e. The third kappa shape index (κ3) is 4.69. The van der Waals surface area contributed by atoms with Gasteiger partial charge in [-0.3, -0.25) is 4.79 Å². The fraction of sp³-hybridized carbons (Fsp3) is 0.667. The van der Waals surface area contributed by atoms with Crippen LogP contribution < -0.4 is 5.32 Å². The van der Waals surface area contributed by atoms with Gasteiger partial charge in [-0.15, -0.1) is 0 Å². The van der Waals surface area contributed by atoms with E-state index < -0.39 is 26.0 Å². The van der Waals surface area contributed by atoms with Crippen LogP contribution in [0.1, 0.15) is 23.3 Å². The monoisotopic (exact) mass is 420 g/mol. The Morgan fingerprint density at radius 2 is 1.89 bits per heavy atom. The number of ether oxygens (including phenoxy) is 1. The van der Waals surface area contributed by atoms with Gasteiger partial charge < -0.3 is 15.0 Å². The van der Waals surface area contributed by atoms with Crippen molar-refractivity contribution in [3.05, 3.63) is 18.0 Å². The summed E-state index contributed by atoms with van der Waals surface area (Å²) in [7, 11) is -6.99. The Morgan fingerprint density at radius 1 is 1.19 bits per heavy atom. The van der Waals surface area contributed by atoms with Crippen LogP contribution in [0.2, 0.25) is 0 Å². The molecule has 1 aromatic heterocycles. The molecule has 12 heteroatoms. The minimum atomic E-state index is -3.68. The van der Waals surface area contributed by atoms with Gasteiger partial charge in [0, 0.05) is 38.4 Å². The maximum Gasteiger partial charge on any atom is 0.267 e. The first kappa shape index (κ1) is 20.3. The largest absolute Gasteiger partial charge is 0.379 e. The van der Waals surface area contributed by atoms with Gasteiger partial charge in [-0.2, -0.15) is 4.31 Å². The second-order valence-electron chi connectivity index (χ2n) is 6.70. The van der Waals surface area contributed by atoms with Crippen LogP contribution >= 0.6 is 0 Å². The number of hydrogen-bond acceptors (Lipinski definition) is 6. The molecular formula is C15H24N4O6S2. The second-order valence-corrected chi connectivity index (χ2v) is 10.6. The average molecular weight is 421 g/mol. The number of carbonyl (C=O) groups excluding carboxylic acids is 1. The van der Waals surface area contributed by atoms with Crippen LogP contribution in [0.5, 0.6) is 0 Å². The minimum absolute atomic E-state index is 0.0240. The van der Waals surface area contributed by atoms with E-state index in [-0.39, 0.29) is 36.3 Å². The van der Waals surface area contributed by atoms with Crippen LogP contribution in [-0.4, -0.2) is 88.0 Å². The quantitative estimate of drug-likeness (QED) is 0.641. The van der Waals surface area contributed by atoms with E-state index in [0.29, 0.717) is 32.6 Å². The number of piperidine rings is 1. The van der Waals surface area contributed by atoms with Gasteiger partial charge in [0.15, 0.2) is 0 Å². The van der Waals surface area contributed by atoms with E-state index in [2.05, 4.69) is 10.3 Å². The molecule has 1 amide bonds. The number of sulfonamides is 2. The summed E-state index contributed by atoms with van der Waals surface area (Å²) in [4.78, 5) is 15.2. The fourth-order valence-corrected chi connectivity index (χ4v) is 5.53. The number of hydrogen-bond donors (Lipinski definition) is 2. The number of nitrogens with zero attached hydrogens (tertiary/aromatic N) is 2. The summed E-state index contributed by atoms with van der Waals surface area (Å²) in [5.41, 5.74) is 0.123. The standard InChI is InChI=1S/C15H24N4O6S2/c1-26(21,22)19-4-2-3-12(11-19)17-15(20)14-9-13(10-16-14)27(23,24)18-5-7-25-8-6-18/h9-10,12,16H,2-8,11H2,1H3,(H,17,20). The molecular weight excluding hydrogens is 396 g/mol. The molecule has 10 nitrogen and oxygen atoms in total. The summed E-state index contributed by atoms with van der Waals surface area (Å²) in [6.07, 6.45) is 3.76. The van der Waals surface area contributed by atoms with E-state index in [1.165, 1.54) is 20.9 Å². The summed E-state index contributed by atoms with van der Waals surface area (Å²) in [6.45, 7) is 1.89. The molecule has 1 atom stereocenters. The van der Waals surface area contributed by atoms with Crippen LogP contribution in [-0.2, 0) is 24.8 Å². The van der Waals surface area contributed by atoms with Gasteiger partial charge in [0.1, 0.15) is 10.6 Å². The smallest absolute Gasteiger partial charge is 0.267 e. The number of aromatic nitrogens is 1. The summed E-state index contributed by atoms with van der Waals surface area (Å²) >= 11 is 0. The lowest BCUT2D eigenvalue weighted by molar-refractivity contribution is 0.0730. The highest BCUT2D eigenvalue weighted by molar-refractivity contribution is 7.89. The molecule has 152 valence electrons. The van der Waals surface area contributed by atoms with Gasteiger partial charge in [0.05, 0.1) is 19.5 Å². The van der Waals surface area contributed by atoms with Crippen molar-refractivity contribution in [2.45, 2.75) is 23.8 Å².